The number of nitrogens with zero attached hydrogens (tertiary/aromatic N) is 1. The third-order valence-electron chi connectivity index (χ3n) is 5.07. The van der Waals surface area contributed by atoms with Crippen molar-refractivity contribution in [1.29, 1.82) is 0 Å². The van der Waals surface area contributed by atoms with Gasteiger partial charge >= 0.3 is 6.09 Å². The molecule has 194 valence electrons. The predicted octanol–water partition coefficient (Wildman–Crippen LogP) is 2.59. The highest BCUT2D eigenvalue weighted by atomic mass is 16.6. The highest BCUT2D eigenvalue weighted by molar-refractivity contribution is 5.94. The fraction of sp³-hybridized carbons (Fsp3) is 0.481. The number of ether oxygens (including phenoxy) is 1. The monoisotopic (exact) mass is 496 g/mol. The number of hydrogen-bond acceptors (Lipinski definition) is 5. The highest BCUT2D eigenvalue weighted by Crippen LogP contribution is 2.26. The Bertz CT molecular complexity index is 1030. The molecule has 0 saturated carbocycles. The van der Waals surface area contributed by atoms with Gasteiger partial charge in [-0.3, -0.25) is 19.3 Å². The minimum atomic E-state index is -1.29. The van der Waals surface area contributed by atoms with Gasteiger partial charge in [0.2, 0.25) is 11.8 Å². The summed E-state index contributed by atoms with van der Waals surface area (Å²) in [5, 5.41) is 5.33. The molecule has 9 nitrogen and oxygen atoms in total. The van der Waals surface area contributed by atoms with E-state index in [0.29, 0.717) is 17.5 Å². The van der Waals surface area contributed by atoms with Gasteiger partial charge in [-0.1, -0.05) is 43.9 Å². The summed E-state index contributed by atoms with van der Waals surface area (Å²) in [6, 6.07) is 6.13. The Kier molecular flexibility index (Phi) is 11.5. The summed E-state index contributed by atoms with van der Waals surface area (Å²) in [5.41, 5.74) is 5.15. The molecule has 1 aromatic rings. The van der Waals surface area contributed by atoms with Crippen molar-refractivity contribution in [2.45, 2.75) is 84.0 Å². The number of nitrogens with two attached hydrogens (primary N) is 1. The number of benzene rings is 1. The zero-order valence-electron chi connectivity index (χ0n) is 21.6. The Hall–Kier alpha value is -3.98. The average Bonchev–Trinajstić information content (AvgIpc) is 2.78. The summed E-state index contributed by atoms with van der Waals surface area (Å²) in [4.78, 5) is 51.9. The molecular weight excluding hydrogens is 460 g/mol. The second-order valence-corrected chi connectivity index (χ2v) is 9.37. The molecule has 0 saturated heterocycles. The van der Waals surface area contributed by atoms with E-state index in [0.717, 1.165) is 11.3 Å². The largest absolute Gasteiger partial charge is 0.444 e. The van der Waals surface area contributed by atoms with Gasteiger partial charge in [0, 0.05) is 29.6 Å². The Balaban J connectivity index is 3.48. The van der Waals surface area contributed by atoms with E-state index in [1.807, 2.05) is 13.8 Å². The van der Waals surface area contributed by atoms with E-state index in [4.69, 9.17) is 23.3 Å². The second-order valence-electron chi connectivity index (χ2n) is 9.37. The number of alkyl carbamates (subject to hydrolysis) is 1. The summed E-state index contributed by atoms with van der Waals surface area (Å²) in [7, 11) is 0. The minimum Gasteiger partial charge on any atom is -0.444 e. The quantitative estimate of drug-likeness (QED) is 0.320. The fourth-order valence-corrected chi connectivity index (χ4v) is 3.52. The van der Waals surface area contributed by atoms with Crippen molar-refractivity contribution in [3.8, 4) is 24.8 Å². The number of nitrogens with one attached hydrogen (secondary N) is 2. The standard InChI is InChI=1S/C27H36N4O5/c1-8-13-18(4)29-24(33)23(20-15-12-11-14-19(20)9-2)31(10-3)25(34)21(16-17-22(28)32)30-26(35)36-27(5,6)7/h2-3,11-12,14-15,18,21,23H,8,13,16-17H2,1,4-7H3,(H2,28,32)(H,29,33)(H,30,35). The molecule has 3 unspecified atom stereocenters. The molecule has 1 aromatic carbocycles. The van der Waals surface area contributed by atoms with Crippen molar-refractivity contribution in [2.24, 2.45) is 5.73 Å². The van der Waals surface area contributed by atoms with Gasteiger partial charge in [-0.25, -0.2) is 4.79 Å². The molecule has 4 amide bonds. The van der Waals surface area contributed by atoms with Crippen molar-refractivity contribution < 1.29 is 23.9 Å². The molecule has 0 aliphatic rings. The van der Waals surface area contributed by atoms with Crippen LogP contribution in [0.4, 0.5) is 4.79 Å². The van der Waals surface area contributed by atoms with Gasteiger partial charge in [-0.2, -0.15) is 0 Å². The molecule has 9 heteroatoms. The van der Waals surface area contributed by atoms with Gasteiger partial charge in [0.05, 0.1) is 0 Å². The van der Waals surface area contributed by atoms with Crippen LogP contribution in [0.5, 0.6) is 0 Å². The van der Waals surface area contributed by atoms with Crippen molar-refractivity contribution in [3.63, 3.8) is 0 Å². The summed E-state index contributed by atoms with van der Waals surface area (Å²) in [5.74, 6) is 0.519. The van der Waals surface area contributed by atoms with Gasteiger partial charge in [0.1, 0.15) is 17.7 Å². The summed E-state index contributed by atoms with van der Waals surface area (Å²) in [6.45, 7) is 8.81. The topological polar surface area (TPSA) is 131 Å². The van der Waals surface area contributed by atoms with Crippen LogP contribution in [0.25, 0.3) is 0 Å². The first kappa shape index (κ1) is 30.1. The van der Waals surface area contributed by atoms with Crippen LogP contribution in [-0.2, 0) is 19.1 Å². The Morgan fingerprint density at radius 2 is 1.75 bits per heavy atom. The number of carbonyl (C=O) groups is 4. The van der Waals surface area contributed by atoms with E-state index in [9.17, 15) is 19.2 Å². The maximum atomic E-state index is 13.6. The third-order valence-corrected chi connectivity index (χ3v) is 5.07. The van der Waals surface area contributed by atoms with Crippen molar-refractivity contribution >= 4 is 23.8 Å². The van der Waals surface area contributed by atoms with E-state index >= 15 is 0 Å². The summed E-state index contributed by atoms with van der Waals surface area (Å²) >= 11 is 0. The molecule has 0 heterocycles. The molecule has 0 aliphatic heterocycles. The van der Waals surface area contributed by atoms with Crippen LogP contribution in [0.1, 0.15) is 77.5 Å². The zero-order valence-corrected chi connectivity index (χ0v) is 21.6. The first-order chi connectivity index (χ1) is 16.8. The molecule has 0 aliphatic carbocycles. The zero-order chi connectivity index (χ0) is 27.5. The smallest absolute Gasteiger partial charge is 0.408 e. The first-order valence-corrected chi connectivity index (χ1v) is 11.8. The van der Waals surface area contributed by atoms with Gasteiger partial charge in [0.15, 0.2) is 0 Å². The van der Waals surface area contributed by atoms with Crippen LogP contribution < -0.4 is 16.4 Å². The first-order valence-electron chi connectivity index (χ1n) is 11.8. The molecule has 0 aromatic heterocycles. The van der Waals surface area contributed by atoms with Crippen molar-refractivity contribution in [2.75, 3.05) is 0 Å². The van der Waals surface area contributed by atoms with Crippen LogP contribution in [0.2, 0.25) is 0 Å². The average molecular weight is 497 g/mol. The number of rotatable bonds is 11. The molecule has 3 atom stereocenters. The maximum Gasteiger partial charge on any atom is 0.408 e. The van der Waals surface area contributed by atoms with Crippen LogP contribution in [0.15, 0.2) is 24.3 Å². The molecular formula is C27H36N4O5. The normalized spacial score (nSPS) is 13.2. The van der Waals surface area contributed by atoms with Crippen LogP contribution >= 0.6 is 0 Å². The van der Waals surface area contributed by atoms with E-state index in [2.05, 4.69) is 22.6 Å². The van der Waals surface area contributed by atoms with E-state index in [1.54, 1.807) is 45.0 Å². The molecule has 0 spiro atoms. The number of carbonyl (C=O) groups excluding carboxylic acids is 4. The Morgan fingerprint density at radius 3 is 2.28 bits per heavy atom. The predicted molar refractivity (Wildman–Crippen MR) is 137 cm³/mol. The molecule has 4 N–H and O–H groups in total. The SMILES string of the molecule is C#Cc1ccccc1C(C(=O)NC(C)CCC)N(C#C)C(=O)C(CCC(N)=O)NC(=O)OC(C)(C)C. The van der Waals surface area contributed by atoms with Gasteiger partial charge in [-0.05, 0) is 46.6 Å². The van der Waals surface area contributed by atoms with Gasteiger partial charge in [-0.15, -0.1) is 6.42 Å². The van der Waals surface area contributed by atoms with Gasteiger partial charge < -0.3 is 21.1 Å². The van der Waals surface area contributed by atoms with Crippen molar-refractivity contribution in [3.05, 3.63) is 35.4 Å². The molecule has 0 fully saturated rings. The second kappa shape index (κ2) is 13.8. The van der Waals surface area contributed by atoms with E-state index in [1.165, 1.54) is 0 Å². The number of terminal acetylenes is 2. The van der Waals surface area contributed by atoms with E-state index < -0.39 is 41.5 Å². The third kappa shape index (κ3) is 9.34. The maximum absolute atomic E-state index is 13.6. The highest BCUT2D eigenvalue weighted by Gasteiger charge is 2.37. The Labute approximate surface area is 213 Å². The minimum absolute atomic E-state index is 0.150. The summed E-state index contributed by atoms with van der Waals surface area (Å²) in [6.07, 6.45) is 11.7. The summed E-state index contributed by atoms with van der Waals surface area (Å²) < 4.78 is 5.25. The lowest BCUT2D eigenvalue weighted by molar-refractivity contribution is -0.139. The number of amides is 4. The van der Waals surface area contributed by atoms with Gasteiger partial charge in [0.25, 0.3) is 5.91 Å². The molecule has 36 heavy (non-hydrogen) atoms. The van der Waals surface area contributed by atoms with Crippen LogP contribution in [-0.4, -0.2) is 46.4 Å². The molecule has 0 radical (unpaired) electrons. The fourth-order valence-electron chi connectivity index (χ4n) is 3.52. The lowest BCUT2D eigenvalue weighted by Crippen LogP contribution is -2.52. The number of primary amides is 1. The molecule has 0 bridgehead atoms. The van der Waals surface area contributed by atoms with E-state index in [-0.39, 0.29) is 18.9 Å². The van der Waals surface area contributed by atoms with Crippen LogP contribution in [0, 0.1) is 24.8 Å². The lowest BCUT2D eigenvalue weighted by atomic mass is 9.97. The van der Waals surface area contributed by atoms with Crippen molar-refractivity contribution in [1.82, 2.24) is 15.5 Å². The lowest BCUT2D eigenvalue weighted by Gasteiger charge is -2.31. The molecule has 1 rings (SSSR count). The van der Waals surface area contributed by atoms with Crippen LogP contribution in [0.3, 0.4) is 0 Å². The Morgan fingerprint density at radius 1 is 1.11 bits per heavy atom. The number of hydrogen-bond donors (Lipinski definition) is 3.